The molecule has 0 aliphatic carbocycles. The van der Waals surface area contributed by atoms with Crippen molar-refractivity contribution >= 4 is 0 Å². The number of unbranched alkanes of at least 4 members (excludes halogenated alkanes) is 3. The average molecular weight is 185 g/mol. The molecule has 78 valence electrons. The van der Waals surface area contributed by atoms with Gasteiger partial charge in [-0.1, -0.05) is 19.4 Å². The third-order valence-corrected chi connectivity index (χ3v) is 2.25. The second kappa shape index (κ2) is 9.75. The van der Waals surface area contributed by atoms with E-state index in [0.29, 0.717) is 0 Å². The van der Waals surface area contributed by atoms with Gasteiger partial charge in [0.05, 0.1) is 6.61 Å². The highest BCUT2D eigenvalue weighted by Crippen LogP contribution is 2.01. The second-order valence-electron chi connectivity index (χ2n) is 3.30. The van der Waals surface area contributed by atoms with Gasteiger partial charge >= 0.3 is 0 Å². The largest absolute Gasteiger partial charge is 0.395 e. The first-order valence-corrected chi connectivity index (χ1v) is 5.29. The Hall–Kier alpha value is -0.340. The fourth-order valence-corrected chi connectivity index (χ4v) is 1.37. The quantitative estimate of drug-likeness (QED) is 0.439. The van der Waals surface area contributed by atoms with Crippen molar-refractivity contribution in [3.05, 3.63) is 12.7 Å². The van der Waals surface area contributed by atoms with Gasteiger partial charge in [0.2, 0.25) is 0 Å². The van der Waals surface area contributed by atoms with Crippen LogP contribution in [-0.4, -0.2) is 36.2 Å². The highest BCUT2D eigenvalue weighted by Gasteiger charge is 1.99. The molecular formula is C11H23NO. The Balaban J connectivity index is 3.22. The number of aliphatic hydroxyl groups is 1. The standard InChI is InChI=1S/C11H23NO/c1-3-5-6-7-8-9-12(4-2)10-11-13/h3,13H,1,4-11H2,2H3. The fraction of sp³-hybridized carbons (Fsp3) is 0.818. The molecule has 0 saturated carbocycles. The number of aliphatic hydroxyl groups excluding tert-OH is 1. The molecule has 0 bridgehead atoms. The molecule has 0 aromatic rings. The molecule has 0 aromatic heterocycles. The maximum absolute atomic E-state index is 8.75. The van der Waals surface area contributed by atoms with E-state index in [0.717, 1.165) is 26.1 Å². The number of rotatable bonds is 9. The van der Waals surface area contributed by atoms with Crippen LogP contribution in [0.2, 0.25) is 0 Å². The van der Waals surface area contributed by atoms with Crippen molar-refractivity contribution in [1.82, 2.24) is 4.90 Å². The maximum atomic E-state index is 8.75. The van der Waals surface area contributed by atoms with E-state index < -0.39 is 0 Å². The van der Waals surface area contributed by atoms with Gasteiger partial charge in [-0.2, -0.15) is 0 Å². The summed E-state index contributed by atoms with van der Waals surface area (Å²) >= 11 is 0. The van der Waals surface area contributed by atoms with Gasteiger partial charge in [-0.05, 0) is 32.4 Å². The van der Waals surface area contributed by atoms with Crippen LogP contribution in [0.15, 0.2) is 12.7 Å². The molecule has 13 heavy (non-hydrogen) atoms. The Bertz CT molecular complexity index is 115. The van der Waals surface area contributed by atoms with Crippen LogP contribution in [0.25, 0.3) is 0 Å². The Labute approximate surface area is 82.3 Å². The summed E-state index contributed by atoms with van der Waals surface area (Å²) in [7, 11) is 0. The Morgan fingerprint density at radius 3 is 2.54 bits per heavy atom. The van der Waals surface area contributed by atoms with Gasteiger partial charge < -0.3 is 10.0 Å². The lowest BCUT2D eigenvalue weighted by Gasteiger charge is -2.18. The first-order chi connectivity index (χ1) is 6.35. The maximum Gasteiger partial charge on any atom is 0.0558 e. The Kier molecular flexibility index (Phi) is 9.49. The van der Waals surface area contributed by atoms with E-state index in [4.69, 9.17) is 5.11 Å². The SMILES string of the molecule is C=CCCCCCN(CC)CCO. The summed E-state index contributed by atoms with van der Waals surface area (Å²) in [6.07, 6.45) is 6.87. The van der Waals surface area contributed by atoms with E-state index in [9.17, 15) is 0 Å². The number of nitrogens with zero attached hydrogens (tertiary/aromatic N) is 1. The average Bonchev–Trinajstić information content (AvgIpc) is 2.16. The zero-order chi connectivity index (χ0) is 9.94. The number of hydrogen-bond acceptors (Lipinski definition) is 2. The lowest BCUT2D eigenvalue weighted by Crippen LogP contribution is -2.27. The summed E-state index contributed by atoms with van der Waals surface area (Å²) in [4.78, 5) is 2.29. The molecule has 0 atom stereocenters. The number of hydrogen-bond donors (Lipinski definition) is 1. The van der Waals surface area contributed by atoms with Gasteiger partial charge in [0.15, 0.2) is 0 Å². The summed E-state index contributed by atoms with van der Waals surface area (Å²) in [5, 5.41) is 8.75. The highest BCUT2D eigenvalue weighted by molar-refractivity contribution is 4.65. The van der Waals surface area contributed by atoms with Crippen LogP contribution < -0.4 is 0 Å². The normalized spacial score (nSPS) is 10.7. The van der Waals surface area contributed by atoms with Gasteiger partial charge in [0.1, 0.15) is 0 Å². The molecule has 0 rings (SSSR count). The van der Waals surface area contributed by atoms with Gasteiger partial charge in [0, 0.05) is 6.54 Å². The molecule has 0 amide bonds. The monoisotopic (exact) mass is 185 g/mol. The van der Waals surface area contributed by atoms with Crippen molar-refractivity contribution in [3.63, 3.8) is 0 Å². The topological polar surface area (TPSA) is 23.5 Å². The summed E-state index contributed by atoms with van der Waals surface area (Å²) < 4.78 is 0. The summed E-state index contributed by atoms with van der Waals surface area (Å²) in [5.74, 6) is 0. The highest BCUT2D eigenvalue weighted by atomic mass is 16.3. The molecule has 0 unspecified atom stereocenters. The third-order valence-electron chi connectivity index (χ3n) is 2.25. The van der Waals surface area contributed by atoms with Crippen LogP contribution in [0.1, 0.15) is 32.6 Å². The van der Waals surface area contributed by atoms with Crippen LogP contribution >= 0.6 is 0 Å². The zero-order valence-electron chi connectivity index (χ0n) is 8.84. The predicted molar refractivity (Wildman–Crippen MR) is 57.9 cm³/mol. The fourth-order valence-electron chi connectivity index (χ4n) is 1.37. The summed E-state index contributed by atoms with van der Waals surface area (Å²) in [6, 6.07) is 0. The molecule has 0 radical (unpaired) electrons. The molecule has 0 spiro atoms. The second-order valence-corrected chi connectivity index (χ2v) is 3.30. The molecule has 0 fully saturated rings. The molecule has 2 nitrogen and oxygen atoms in total. The number of allylic oxidation sites excluding steroid dienone is 1. The van der Waals surface area contributed by atoms with Crippen molar-refractivity contribution in [2.75, 3.05) is 26.2 Å². The number of likely N-dealkylation sites (N-methyl/N-ethyl adjacent to an activating group) is 1. The molecule has 0 heterocycles. The van der Waals surface area contributed by atoms with Crippen LogP contribution in [0, 0.1) is 0 Å². The summed E-state index contributed by atoms with van der Waals surface area (Å²) in [5.41, 5.74) is 0. The predicted octanol–water partition coefficient (Wildman–Crippen LogP) is 2.05. The molecule has 0 aliphatic heterocycles. The van der Waals surface area contributed by atoms with Crippen LogP contribution in [-0.2, 0) is 0 Å². The van der Waals surface area contributed by atoms with Crippen LogP contribution in [0.3, 0.4) is 0 Å². The van der Waals surface area contributed by atoms with Crippen molar-refractivity contribution in [3.8, 4) is 0 Å². The first kappa shape index (κ1) is 12.7. The lowest BCUT2D eigenvalue weighted by molar-refractivity contribution is 0.199. The van der Waals surface area contributed by atoms with Crippen molar-refractivity contribution < 1.29 is 5.11 Å². The minimum atomic E-state index is 0.278. The van der Waals surface area contributed by atoms with Crippen LogP contribution in [0.5, 0.6) is 0 Å². The third kappa shape index (κ3) is 8.00. The minimum absolute atomic E-state index is 0.278. The molecule has 1 N–H and O–H groups in total. The van der Waals surface area contributed by atoms with E-state index in [1.807, 2.05) is 6.08 Å². The summed E-state index contributed by atoms with van der Waals surface area (Å²) in [6.45, 7) is 9.09. The van der Waals surface area contributed by atoms with Gasteiger partial charge in [-0.15, -0.1) is 6.58 Å². The minimum Gasteiger partial charge on any atom is -0.395 e. The van der Waals surface area contributed by atoms with Gasteiger partial charge in [-0.3, -0.25) is 0 Å². The van der Waals surface area contributed by atoms with E-state index in [1.165, 1.54) is 19.3 Å². The first-order valence-electron chi connectivity index (χ1n) is 5.29. The van der Waals surface area contributed by atoms with E-state index in [-0.39, 0.29) is 6.61 Å². The van der Waals surface area contributed by atoms with Crippen molar-refractivity contribution in [2.24, 2.45) is 0 Å². The van der Waals surface area contributed by atoms with E-state index >= 15 is 0 Å². The Morgan fingerprint density at radius 2 is 2.00 bits per heavy atom. The molecule has 2 heteroatoms. The molecular weight excluding hydrogens is 162 g/mol. The van der Waals surface area contributed by atoms with E-state index in [2.05, 4.69) is 18.4 Å². The zero-order valence-corrected chi connectivity index (χ0v) is 8.84. The van der Waals surface area contributed by atoms with Gasteiger partial charge in [-0.25, -0.2) is 0 Å². The lowest BCUT2D eigenvalue weighted by atomic mass is 10.2. The van der Waals surface area contributed by atoms with Crippen LogP contribution in [0.4, 0.5) is 0 Å². The van der Waals surface area contributed by atoms with Gasteiger partial charge in [0.25, 0.3) is 0 Å². The van der Waals surface area contributed by atoms with Crippen molar-refractivity contribution in [2.45, 2.75) is 32.6 Å². The smallest absolute Gasteiger partial charge is 0.0558 e. The van der Waals surface area contributed by atoms with E-state index in [1.54, 1.807) is 0 Å². The molecule has 0 saturated heterocycles. The molecule has 0 aliphatic rings. The Morgan fingerprint density at radius 1 is 1.23 bits per heavy atom. The van der Waals surface area contributed by atoms with Crippen molar-refractivity contribution in [1.29, 1.82) is 0 Å². The molecule has 0 aromatic carbocycles.